The highest BCUT2D eigenvalue weighted by molar-refractivity contribution is 6.06. The van der Waals surface area contributed by atoms with Crippen LogP contribution in [0, 0.1) is 0 Å². The van der Waals surface area contributed by atoms with Gasteiger partial charge in [0.2, 0.25) is 0 Å². The molecule has 1 aromatic heterocycles. The van der Waals surface area contributed by atoms with Crippen LogP contribution < -0.4 is 0 Å². The summed E-state index contributed by atoms with van der Waals surface area (Å²) in [6, 6.07) is 9.26. The molecule has 6 heteroatoms. The molecular weight excluding hydrogens is 260 g/mol. The van der Waals surface area contributed by atoms with Gasteiger partial charge in [-0.25, -0.2) is 19.6 Å². The van der Waals surface area contributed by atoms with Crippen molar-refractivity contribution in [1.29, 1.82) is 0 Å². The van der Waals surface area contributed by atoms with Crippen LogP contribution in [0.2, 0.25) is 0 Å². The van der Waals surface area contributed by atoms with Gasteiger partial charge in [-0.3, -0.25) is 0 Å². The van der Waals surface area contributed by atoms with Crippen molar-refractivity contribution < 1.29 is 19.8 Å². The summed E-state index contributed by atoms with van der Waals surface area (Å²) >= 11 is 0. The van der Waals surface area contributed by atoms with Crippen LogP contribution >= 0.6 is 0 Å². The maximum absolute atomic E-state index is 11.2. The van der Waals surface area contributed by atoms with Gasteiger partial charge >= 0.3 is 11.9 Å². The van der Waals surface area contributed by atoms with E-state index in [-0.39, 0.29) is 22.2 Å². The molecule has 0 atom stereocenters. The quantitative estimate of drug-likeness (QED) is 0.691. The summed E-state index contributed by atoms with van der Waals surface area (Å²) in [7, 11) is 0. The van der Waals surface area contributed by atoms with Gasteiger partial charge in [0.05, 0.1) is 22.2 Å². The fraction of sp³-hybridized carbons (Fsp3) is 0. The molecule has 2 N–H and O–H groups in total. The highest BCUT2D eigenvalue weighted by Crippen LogP contribution is 2.21. The second-order valence-electron chi connectivity index (χ2n) is 4.18. The van der Waals surface area contributed by atoms with Gasteiger partial charge in [-0.2, -0.15) is 0 Å². The van der Waals surface area contributed by atoms with Gasteiger partial charge in [-0.1, -0.05) is 12.1 Å². The Balaban J connectivity index is 2.48. The molecule has 0 aliphatic rings. The molecule has 0 aliphatic heterocycles. The molecule has 0 aliphatic carbocycles. The standard InChI is InChI=1S/C14H8N2O4/c17-13(18)7-3-1-5-9-11(7)16-12-8(14(19)20)4-2-6-10(12)15-9/h1-6H,(H,17,18)(H,19,20). The lowest BCUT2D eigenvalue weighted by Crippen LogP contribution is -2.03. The molecule has 0 fully saturated rings. The van der Waals surface area contributed by atoms with Crippen LogP contribution in [0.4, 0.5) is 0 Å². The topological polar surface area (TPSA) is 100 Å². The van der Waals surface area contributed by atoms with Crippen molar-refractivity contribution in [2.24, 2.45) is 0 Å². The summed E-state index contributed by atoms with van der Waals surface area (Å²) in [5, 5.41) is 18.3. The summed E-state index contributed by atoms with van der Waals surface area (Å²) in [6.45, 7) is 0. The van der Waals surface area contributed by atoms with Gasteiger partial charge < -0.3 is 10.2 Å². The number of aromatic carboxylic acids is 2. The van der Waals surface area contributed by atoms with Crippen molar-refractivity contribution in [3.63, 3.8) is 0 Å². The molecule has 20 heavy (non-hydrogen) atoms. The Hall–Kier alpha value is -3.02. The molecule has 0 radical (unpaired) electrons. The molecule has 0 bridgehead atoms. The van der Waals surface area contributed by atoms with E-state index >= 15 is 0 Å². The van der Waals surface area contributed by atoms with Crippen LogP contribution in [-0.4, -0.2) is 32.1 Å². The minimum absolute atomic E-state index is 0.00269. The van der Waals surface area contributed by atoms with E-state index in [9.17, 15) is 9.59 Å². The van der Waals surface area contributed by atoms with Crippen molar-refractivity contribution in [2.45, 2.75) is 0 Å². The van der Waals surface area contributed by atoms with Gasteiger partial charge in [0.15, 0.2) is 0 Å². The zero-order valence-electron chi connectivity index (χ0n) is 10.1. The first-order chi connectivity index (χ1) is 9.58. The third-order valence-electron chi connectivity index (χ3n) is 2.95. The molecule has 98 valence electrons. The fourth-order valence-electron chi connectivity index (χ4n) is 2.06. The van der Waals surface area contributed by atoms with Crippen molar-refractivity contribution >= 4 is 34.0 Å². The number of hydrogen-bond donors (Lipinski definition) is 2. The number of carbonyl (C=O) groups is 2. The van der Waals surface area contributed by atoms with Gasteiger partial charge in [-0.05, 0) is 24.3 Å². The van der Waals surface area contributed by atoms with Crippen molar-refractivity contribution in [1.82, 2.24) is 9.97 Å². The van der Waals surface area contributed by atoms with Crippen LogP contribution in [0.1, 0.15) is 20.7 Å². The van der Waals surface area contributed by atoms with E-state index in [4.69, 9.17) is 10.2 Å². The number of fused-ring (bicyclic) bond motifs is 2. The second kappa shape index (κ2) is 4.27. The van der Waals surface area contributed by atoms with Crippen LogP contribution in [0.25, 0.3) is 22.1 Å². The number of carboxylic acids is 2. The lowest BCUT2D eigenvalue weighted by Gasteiger charge is -2.05. The summed E-state index contributed by atoms with van der Waals surface area (Å²) in [5.74, 6) is -2.26. The number of benzene rings is 2. The van der Waals surface area contributed by atoms with Crippen molar-refractivity contribution in [3.8, 4) is 0 Å². The number of rotatable bonds is 2. The first-order valence-corrected chi connectivity index (χ1v) is 5.74. The highest BCUT2D eigenvalue weighted by atomic mass is 16.4. The number of carboxylic acid groups (broad SMARTS) is 2. The van der Waals surface area contributed by atoms with E-state index in [1.165, 1.54) is 12.1 Å². The zero-order chi connectivity index (χ0) is 14.3. The third-order valence-corrected chi connectivity index (χ3v) is 2.95. The Bertz CT molecular complexity index is 805. The molecule has 0 amide bonds. The van der Waals surface area contributed by atoms with Gasteiger partial charge in [0.1, 0.15) is 11.0 Å². The molecule has 0 saturated carbocycles. The molecule has 3 rings (SSSR count). The van der Waals surface area contributed by atoms with Gasteiger partial charge in [0, 0.05) is 0 Å². The molecule has 0 spiro atoms. The number of para-hydroxylation sites is 2. The van der Waals surface area contributed by atoms with Crippen molar-refractivity contribution in [2.75, 3.05) is 0 Å². The summed E-state index contributed by atoms with van der Waals surface area (Å²) in [5.41, 5.74) is 1.19. The molecule has 3 aromatic rings. The molecule has 2 aromatic carbocycles. The molecule has 0 unspecified atom stereocenters. The van der Waals surface area contributed by atoms with E-state index in [0.717, 1.165) is 0 Å². The van der Waals surface area contributed by atoms with E-state index in [2.05, 4.69) is 9.97 Å². The van der Waals surface area contributed by atoms with Crippen LogP contribution in [0.3, 0.4) is 0 Å². The highest BCUT2D eigenvalue weighted by Gasteiger charge is 2.15. The lowest BCUT2D eigenvalue weighted by atomic mass is 10.1. The Labute approximate surface area is 112 Å². The summed E-state index contributed by atoms with van der Waals surface area (Å²) < 4.78 is 0. The van der Waals surface area contributed by atoms with Crippen LogP contribution in [0.15, 0.2) is 36.4 Å². The van der Waals surface area contributed by atoms with Crippen molar-refractivity contribution in [3.05, 3.63) is 47.5 Å². The Morgan fingerprint density at radius 2 is 1.20 bits per heavy atom. The molecule has 1 heterocycles. The van der Waals surface area contributed by atoms with Gasteiger partial charge in [0.25, 0.3) is 0 Å². The van der Waals surface area contributed by atoms with Gasteiger partial charge in [-0.15, -0.1) is 0 Å². The minimum atomic E-state index is -1.13. The SMILES string of the molecule is O=C(O)c1cccc2nc3cccc(C(=O)O)c3nc12. The molecule has 0 saturated heterocycles. The largest absolute Gasteiger partial charge is 0.478 e. The Morgan fingerprint density at radius 3 is 1.60 bits per heavy atom. The van der Waals surface area contributed by atoms with E-state index in [1.807, 2.05) is 0 Å². The lowest BCUT2D eigenvalue weighted by molar-refractivity contribution is 0.0688. The zero-order valence-corrected chi connectivity index (χ0v) is 10.1. The van der Waals surface area contributed by atoms with Crippen LogP contribution in [-0.2, 0) is 0 Å². The number of nitrogens with zero attached hydrogens (tertiary/aromatic N) is 2. The third kappa shape index (κ3) is 1.74. The average Bonchev–Trinajstić information content (AvgIpc) is 2.43. The minimum Gasteiger partial charge on any atom is -0.478 e. The average molecular weight is 268 g/mol. The Kier molecular flexibility index (Phi) is 2.57. The van der Waals surface area contributed by atoms with E-state index in [1.54, 1.807) is 24.3 Å². The monoisotopic (exact) mass is 268 g/mol. The van der Waals surface area contributed by atoms with E-state index in [0.29, 0.717) is 11.0 Å². The van der Waals surface area contributed by atoms with Crippen LogP contribution in [0.5, 0.6) is 0 Å². The predicted molar refractivity (Wildman–Crippen MR) is 71.0 cm³/mol. The summed E-state index contributed by atoms with van der Waals surface area (Å²) in [6.07, 6.45) is 0. The Morgan fingerprint density at radius 1 is 0.750 bits per heavy atom. The maximum Gasteiger partial charge on any atom is 0.337 e. The fourth-order valence-corrected chi connectivity index (χ4v) is 2.06. The predicted octanol–water partition coefficient (Wildman–Crippen LogP) is 2.18. The molecule has 6 nitrogen and oxygen atoms in total. The summed E-state index contributed by atoms with van der Waals surface area (Å²) in [4.78, 5) is 30.8. The first kappa shape index (κ1) is 12.0. The number of aromatic nitrogens is 2. The smallest absolute Gasteiger partial charge is 0.337 e. The molecular formula is C14H8N2O4. The normalized spacial score (nSPS) is 10.8. The second-order valence-corrected chi connectivity index (χ2v) is 4.18. The van der Waals surface area contributed by atoms with E-state index < -0.39 is 11.9 Å². The number of hydrogen-bond acceptors (Lipinski definition) is 4. The first-order valence-electron chi connectivity index (χ1n) is 5.74. The maximum atomic E-state index is 11.2.